The van der Waals surface area contributed by atoms with E-state index in [1.807, 2.05) is 54.6 Å². The molecule has 2 nitrogen and oxygen atoms in total. The molecule has 90 valence electrons. The number of hydrogen-bond acceptors (Lipinski definition) is 2. The lowest BCUT2D eigenvalue weighted by atomic mass is 10.2. The van der Waals surface area contributed by atoms with Crippen LogP contribution in [0, 0.1) is 0 Å². The minimum Gasteiger partial charge on any atom is -0.493 e. The Bertz CT molecular complexity index is 438. The molecule has 2 aromatic carbocycles. The van der Waals surface area contributed by atoms with Crippen LogP contribution in [0.1, 0.15) is 13.0 Å². The smallest absolute Gasteiger partial charge is 0.161 e. The third-order valence-corrected chi connectivity index (χ3v) is 2.31. The summed E-state index contributed by atoms with van der Waals surface area (Å²) in [4.78, 5) is 0. The normalized spacial score (nSPS) is 9.24. The maximum Gasteiger partial charge on any atom is 0.161 e. The van der Waals surface area contributed by atoms with E-state index in [-0.39, 0.29) is 7.43 Å². The lowest BCUT2D eigenvalue weighted by Gasteiger charge is -2.09. The van der Waals surface area contributed by atoms with Crippen LogP contribution >= 0.6 is 0 Å². The van der Waals surface area contributed by atoms with Gasteiger partial charge in [-0.25, -0.2) is 0 Å². The lowest BCUT2D eigenvalue weighted by molar-refractivity contribution is 0.284. The Morgan fingerprint density at radius 3 is 2.06 bits per heavy atom. The summed E-state index contributed by atoms with van der Waals surface area (Å²) in [7, 11) is 1.64. The van der Waals surface area contributed by atoms with Crippen LogP contribution in [0.4, 0.5) is 0 Å². The fourth-order valence-electron chi connectivity index (χ4n) is 1.47. The van der Waals surface area contributed by atoms with Gasteiger partial charge in [0.1, 0.15) is 6.61 Å². The number of benzene rings is 2. The Kier molecular flexibility index (Phi) is 5.08. The first-order valence-electron chi connectivity index (χ1n) is 5.20. The zero-order valence-electron chi connectivity index (χ0n) is 9.22. The van der Waals surface area contributed by atoms with Crippen molar-refractivity contribution >= 4 is 0 Å². The Morgan fingerprint density at radius 1 is 0.824 bits per heavy atom. The molecular formula is C15H18O2. The van der Waals surface area contributed by atoms with Gasteiger partial charge in [-0.1, -0.05) is 49.9 Å². The molecule has 2 heteroatoms. The first-order chi connectivity index (χ1) is 7.90. The van der Waals surface area contributed by atoms with Crippen LogP contribution in [-0.2, 0) is 6.61 Å². The molecule has 0 N–H and O–H groups in total. The molecule has 0 radical (unpaired) electrons. The molecule has 0 aliphatic rings. The highest BCUT2D eigenvalue weighted by Gasteiger charge is 2.02. The van der Waals surface area contributed by atoms with Crippen LogP contribution in [0.5, 0.6) is 11.5 Å². The van der Waals surface area contributed by atoms with Crippen molar-refractivity contribution in [2.45, 2.75) is 14.0 Å². The molecule has 0 saturated carbocycles. The highest BCUT2D eigenvalue weighted by molar-refractivity contribution is 5.39. The molecule has 0 bridgehead atoms. The number of methoxy groups -OCH3 is 1. The van der Waals surface area contributed by atoms with Crippen molar-refractivity contribution in [1.82, 2.24) is 0 Å². The molecule has 0 aromatic heterocycles. The molecule has 0 heterocycles. The predicted octanol–water partition coefficient (Wildman–Crippen LogP) is 3.91. The van der Waals surface area contributed by atoms with Crippen molar-refractivity contribution in [2.75, 3.05) is 7.11 Å². The molecule has 2 aromatic rings. The van der Waals surface area contributed by atoms with Gasteiger partial charge in [0.15, 0.2) is 11.5 Å². The van der Waals surface area contributed by atoms with Crippen LogP contribution in [-0.4, -0.2) is 7.11 Å². The van der Waals surface area contributed by atoms with Gasteiger partial charge in [0.2, 0.25) is 0 Å². The molecule has 0 aliphatic carbocycles. The lowest BCUT2D eigenvalue weighted by Crippen LogP contribution is -1.96. The SMILES string of the molecule is C.COc1ccccc1OCc1ccccc1. The summed E-state index contributed by atoms with van der Waals surface area (Å²) in [6.45, 7) is 0.557. The van der Waals surface area contributed by atoms with Gasteiger partial charge in [-0.05, 0) is 17.7 Å². The van der Waals surface area contributed by atoms with Crippen LogP contribution in [0.2, 0.25) is 0 Å². The van der Waals surface area contributed by atoms with Crippen molar-refractivity contribution in [3.8, 4) is 11.5 Å². The highest BCUT2D eigenvalue weighted by Crippen LogP contribution is 2.26. The Balaban J connectivity index is 0.00000144. The molecule has 0 fully saturated rings. The zero-order chi connectivity index (χ0) is 11.2. The van der Waals surface area contributed by atoms with E-state index in [1.165, 1.54) is 0 Å². The molecule has 0 unspecified atom stereocenters. The number of hydrogen-bond donors (Lipinski definition) is 0. The van der Waals surface area contributed by atoms with Crippen LogP contribution in [0.25, 0.3) is 0 Å². The van der Waals surface area contributed by atoms with E-state index in [1.54, 1.807) is 7.11 Å². The zero-order valence-corrected chi connectivity index (χ0v) is 9.22. The van der Waals surface area contributed by atoms with Gasteiger partial charge in [0.05, 0.1) is 7.11 Å². The number of ether oxygens (including phenoxy) is 2. The predicted molar refractivity (Wildman–Crippen MR) is 70.5 cm³/mol. The Hall–Kier alpha value is -1.96. The minimum atomic E-state index is 0. The van der Waals surface area contributed by atoms with Crippen molar-refractivity contribution in [1.29, 1.82) is 0 Å². The summed E-state index contributed by atoms with van der Waals surface area (Å²) in [6, 6.07) is 17.7. The van der Waals surface area contributed by atoms with Crippen molar-refractivity contribution in [2.24, 2.45) is 0 Å². The topological polar surface area (TPSA) is 18.5 Å². The van der Waals surface area contributed by atoms with E-state index in [0.29, 0.717) is 6.61 Å². The molecule has 0 saturated heterocycles. The van der Waals surface area contributed by atoms with Gasteiger partial charge in [-0.3, -0.25) is 0 Å². The maximum atomic E-state index is 5.69. The molecule has 0 aliphatic heterocycles. The molecular weight excluding hydrogens is 212 g/mol. The monoisotopic (exact) mass is 230 g/mol. The van der Waals surface area contributed by atoms with Crippen molar-refractivity contribution in [3.05, 3.63) is 60.2 Å². The van der Waals surface area contributed by atoms with Crippen molar-refractivity contribution < 1.29 is 9.47 Å². The van der Waals surface area contributed by atoms with E-state index < -0.39 is 0 Å². The second-order valence-corrected chi connectivity index (χ2v) is 3.43. The summed E-state index contributed by atoms with van der Waals surface area (Å²) in [6.07, 6.45) is 0. The van der Waals surface area contributed by atoms with Crippen LogP contribution in [0.15, 0.2) is 54.6 Å². The van der Waals surface area contributed by atoms with Gasteiger partial charge in [-0.15, -0.1) is 0 Å². The highest BCUT2D eigenvalue weighted by atomic mass is 16.5. The van der Waals surface area contributed by atoms with E-state index in [9.17, 15) is 0 Å². The first kappa shape index (κ1) is 13.1. The third-order valence-electron chi connectivity index (χ3n) is 2.31. The Morgan fingerprint density at radius 2 is 1.41 bits per heavy atom. The summed E-state index contributed by atoms with van der Waals surface area (Å²) < 4.78 is 10.9. The minimum absolute atomic E-state index is 0. The standard InChI is InChI=1S/C14H14O2.CH4/c1-15-13-9-5-6-10-14(13)16-11-12-7-3-2-4-8-12;/h2-10H,11H2,1H3;1H4. The Labute approximate surface area is 103 Å². The second kappa shape index (κ2) is 6.59. The third kappa shape index (κ3) is 3.52. The number of para-hydroxylation sites is 2. The summed E-state index contributed by atoms with van der Waals surface area (Å²) >= 11 is 0. The molecule has 0 atom stereocenters. The quantitative estimate of drug-likeness (QED) is 0.792. The molecule has 2 rings (SSSR count). The first-order valence-corrected chi connectivity index (χ1v) is 5.20. The maximum absolute atomic E-state index is 5.69. The van der Waals surface area contributed by atoms with Gasteiger partial charge < -0.3 is 9.47 Å². The van der Waals surface area contributed by atoms with Gasteiger partial charge in [-0.2, -0.15) is 0 Å². The van der Waals surface area contributed by atoms with E-state index in [4.69, 9.17) is 9.47 Å². The number of rotatable bonds is 4. The summed E-state index contributed by atoms with van der Waals surface area (Å²) in [5.74, 6) is 1.53. The average Bonchev–Trinajstić information content (AvgIpc) is 2.38. The fourth-order valence-corrected chi connectivity index (χ4v) is 1.47. The molecule has 0 spiro atoms. The second-order valence-electron chi connectivity index (χ2n) is 3.43. The largest absolute Gasteiger partial charge is 0.493 e. The van der Waals surface area contributed by atoms with Crippen molar-refractivity contribution in [3.63, 3.8) is 0 Å². The van der Waals surface area contributed by atoms with E-state index in [0.717, 1.165) is 17.1 Å². The molecule has 17 heavy (non-hydrogen) atoms. The fraction of sp³-hybridized carbons (Fsp3) is 0.200. The average molecular weight is 230 g/mol. The molecule has 0 amide bonds. The summed E-state index contributed by atoms with van der Waals surface area (Å²) in [5.41, 5.74) is 1.15. The van der Waals surface area contributed by atoms with Gasteiger partial charge >= 0.3 is 0 Å². The van der Waals surface area contributed by atoms with E-state index in [2.05, 4.69) is 0 Å². The van der Waals surface area contributed by atoms with Crippen LogP contribution in [0.3, 0.4) is 0 Å². The van der Waals surface area contributed by atoms with Crippen LogP contribution < -0.4 is 9.47 Å². The van der Waals surface area contributed by atoms with Gasteiger partial charge in [0.25, 0.3) is 0 Å². The van der Waals surface area contributed by atoms with E-state index >= 15 is 0 Å². The summed E-state index contributed by atoms with van der Waals surface area (Å²) in [5, 5.41) is 0. The van der Waals surface area contributed by atoms with Gasteiger partial charge in [0, 0.05) is 0 Å².